The van der Waals surface area contributed by atoms with Gasteiger partial charge < -0.3 is 10.6 Å². The first kappa shape index (κ1) is 20.1. The molecule has 2 aromatic rings. The van der Waals surface area contributed by atoms with Crippen LogP contribution in [0.2, 0.25) is 0 Å². The fourth-order valence-corrected chi connectivity index (χ4v) is 2.67. The molecule has 0 unspecified atom stereocenters. The van der Waals surface area contributed by atoms with Crippen molar-refractivity contribution < 1.29 is 9.59 Å². The normalized spacial score (nSPS) is 10.3. The number of amides is 2. The number of nitrogens with one attached hydrogen (secondary N) is 2. The van der Waals surface area contributed by atoms with E-state index in [1.807, 2.05) is 36.1 Å². The number of hydrogen-bond acceptors (Lipinski definition) is 3. The number of aryl methyl sites for hydroxylation is 1. The number of anilines is 2. The van der Waals surface area contributed by atoms with E-state index in [1.165, 1.54) is 0 Å². The van der Waals surface area contributed by atoms with Crippen LogP contribution in [0.1, 0.15) is 15.9 Å². The summed E-state index contributed by atoms with van der Waals surface area (Å²) in [5.41, 5.74) is 2.65. The third kappa shape index (κ3) is 6.24. The molecule has 2 rings (SSSR count). The van der Waals surface area contributed by atoms with Gasteiger partial charge in [0.1, 0.15) is 0 Å². The van der Waals surface area contributed by atoms with E-state index in [4.69, 9.17) is 0 Å². The van der Waals surface area contributed by atoms with E-state index in [0.717, 1.165) is 5.56 Å². The topological polar surface area (TPSA) is 61.4 Å². The minimum Gasteiger partial charge on any atom is -0.324 e. The predicted octanol–water partition coefficient (Wildman–Crippen LogP) is 3.86. The maximum Gasteiger partial charge on any atom is 0.257 e. The summed E-state index contributed by atoms with van der Waals surface area (Å²) in [7, 11) is 0. The number of benzene rings is 2. The summed E-state index contributed by atoms with van der Waals surface area (Å²) in [5.74, 6) is -0.472. The fraction of sp³-hybridized carbons (Fsp3) is 0.182. The molecule has 0 atom stereocenters. The van der Waals surface area contributed by atoms with Gasteiger partial charge in [0.15, 0.2) is 0 Å². The van der Waals surface area contributed by atoms with Crippen LogP contribution in [0, 0.1) is 6.92 Å². The standard InChI is InChI=1S/C22H25N3O2/c1-4-13-25(14-5-2)16-21(26)24-20-12-7-6-11-19(20)22(27)23-18-10-8-9-17(3)15-18/h4-12,15H,1-2,13-14,16H2,3H3,(H,23,27)(H,24,26). The lowest BCUT2D eigenvalue weighted by Gasteiger charge is -2.18. The minimum atomic E-state index is -0.273. The van der Waals surface area contributed by atoms with Crippen molar-refractivity contribution in [3.63, 3.8) is 0 Å². The van der Waals surface area contributed by atoms with Gasteiger partial charge in [-0.25, -0.2) is 0 Å². The molecule has 0 aliphatic heterocycles. The Kier molecular flexibility index (Phi) is 7.52. The monoisotopic (exact) mass is 363 g/mol. The summed E-state index contributed by atoms with van der Waals surface area (Å²) in [6.45, 7) is 10.7. The quantitative estimate of drug-likeness (QED) is 0.665. The average Bonchev–Trinajstić information content (AvgIpc) is 2.62. The van der Waals surface area contributed by atoms with Gasteiger partial charge in [-0.15, -0.1) is 13.2 Å². The first-order chi connectivity index (χ1) is 13.0. The molecule has 0 spiro atoms. The Bertz CT molecular complexity index is 820. The molecule has 2 aromatic carbocycles. The van der Waals surface area contributed by atoms with Gasteiger partial charge in [-0.3, -0.25) is 14.5 Å². The second-order valence-electron chi connectivity index (χ2n) is 6.19. The molecule has 0 heterocycles. The summed E-state index contributed by atoms with van der Waals surface area (Å²) >= 11 is 0. The van der Waals surface area contributed by atoms with Crippen LogP contribution in [-0.2, 0) is 4.79 Å². The third-order valence-electron chi connectivity index (χ3n) is 3.86. The van der Waals surface area contributed by atoms with Crippen LogP contribution in [0.4, 0.5) is 11.4 Å². The lowest BCUT2D eigenvalue weighted by Crippen LogP contribution is -2.34. The molecule has 0 saturated carbocycles. The number of para-hydroxylation sites is 1. The van der Waals surface area contributed by atoms with Crippen LogP contribution in [-0.4, -0.2) is 36.3 Å². The molecule has 27 heavy (non-hydrogen) atoms. The molecule has 0 fully saturated rings. The maximum atomic E-state index is 12.7. The highest BCUT2D eigenvalue weighted by atomic mass is 16.2. The summed E-state index contributed by atoms with van der Waals surface area (Å²) in [4.78, 5) is 26.9. The largest absolute Gasteiger partial charge is 0.324 e. The molecule has 0 saturated heterocycles. The number of carbonyl (C=O) groups excluding carboxylic acids is 2. The van der Waals surface area contributed by atoms with Crippen LogP contribution in [0.3, 0.4) is 0 Å². The molecule has 5 heteroatoms. The molecule has 2 amide bonds. The van der Waals surface area contributed by atoms with Crippen molar-refractivity contribution in [2.45, 2.75) is 6.92 Å². The van der Waals surface area contributed by atoms with Crippen molar-refractivity contribution in [3.8, 4) is 0 Å². The Hall–Kier alpha value is -3.18. The SMILES string of the molecule is C=CCN(CC=C)CC(=O)Nc1ccccc1C(=O)Nc1cccc(C)c1. The van der Waals surface area contributed by atoms with Gasteiger partial charge in [0.05, 0.1) is 17.8 Å². The zero-order valence-electron chi connectivity index (χ0n) is 15.6. The first-order valence-corrected chi connectivity index (χ1v) is 8.74. The van der Waals surface area contributed by atoms with Gasteiger partial charge in [0, 0.05) is 18.8 Å². The van der Waals surface area contributed by atoms with E-state index in [9.17, 15) is 9.59 Å². The lowest BCUT2D eigenvalue weighted by atomic mass is 10.1. The third-order valence-corrected chi connectivity index (χ3v) is 3.86. The Morgan fingerprint density at radius 3 is 2.37 bits per heavy atom. The Morgan fingerprint density at radius 2 is 1.70 bits per heavy atom. The number of rotatable bonds is 9. The highest BCUT2D eigenvalue weighted by molar-refractivity contribution is 6.10. The Balaban J connectivity index is 2.10. The molecule has 0 aliphatic rings. The van der Waals surface area contributed by atoms with E-state index in [-0.39, 0.29) is 18.4 Å². The first-order valence-electron chi connectivity index (χ1n) is 8.74. The van der Waals surface area contributed by atoms with Crippen LogP contribution in [0.25, 0.3) is 0 Å². The predicted molar refractivity (Wildman–Crippen MR) is 111 cm³/mol. The number of hydrogen-bond donors (Lipinski definition) is 2. The highest BCUT2D eigenvalue weighted by Gasteiger charge is 2.15. The Morgan fingerprint density at radius 1 is 1.00 bits per heavy atom. The number of carbonyl (C=O) groups is 2. The van der Waals surface area contributed by atoms with Crippen LogP contribution >= 0.6 is 0 Å². The Labute approximate surface area is 160 Å². The molecule has 0 bridgehead atoms. The molecular formula is C22H25N3O2. The van der Waals surface area contributed by atoms with Crippen LogP contribution in [0.5, 0.6) is 0 Å². The summed E-state index contributed by atoms with van der Waals surface area (Å²) in [6.07, 6.45) is 3.47. The summed E-state index contributed by atoms with van der Waals surface area (Å²) in [5, 5.41) is 5.69. The summed E-state index contributed by atoms with van der Waals surface area (Å²) < 4.78 is 0. The zero-order chi connectivity index (χ0) is 19.6. The lowest BCUT2D eigenvalue weighted by molar-refractivity contribution is -0.117. The van der Waals surface area contributed by atoms with Gasteiger partial charge in [0.25, 0.3) is 5.91 Å². The van der Waals surface area contributed by atoms with Crippen molar-refractivity contribution >= 4 is 23.2 Å². The van der Waals surface area contributed by atoms with Crippen molar-refractivity contribution in [2.75, 3.05) is 30.3 Å². The summed E-state index contributed by atoms with van der Waals surface area (Å²) in [6, 6.07) is 14.5. The average molecular weight is 363 g/mol. The highest BCUT2D eigenvalue weighted by Crippen LogP contribution is 2.18. The van der Waals surface area contributed by atoms with Crippen molar-refractivity contribution in [1.29, 1.82) is 0 Å². The molecule has 2 N–H and O–H groups in total. The van der Waals surface area contributed by atoms with Gasteiger partial charge in [-0.2, -0.15) is 0 Å². The van der Waals surface area contributed by atoms with E-state index >= 15 is 0 Å². The van der Waals surface area contributed by atoms with Crippen LogP contribution < -0.4 is 10.6 Å². The van der Waals surface area contributed by atoms with Crippen LogP contribution in [0.15, 0.2) is 73.8 Å². The smallest absolute Gasteiger partial charge is 0.257 e. The second-order valence-corrected chi connectivity index (χ2v) is 6.19. The molecule has 140 valence electrons. The van der Waals surface area contributed by atoms with Crippen molar-refractivity contribution in [3.05, 3.63) is 85.0 Å². The van der Waals surface area contributed by atoms with Gasteiger partial charge in [0.2, 0.25) is 5.91 Å². The molecule has 0 radical (unpaired) electrons. The van der Waals surface area contributed by atoms with E-state index in [2.05, 4.69) is 23.8 Å². The molecular weight excluding hydrogens is 338 g/mol. The zero-order valence-corrected chi connectivity index (χ0v) is 15.6. The van der Waals surface area contributed by atoms with Gasteiger partial charge in [-0.05, 0) is 36.8 Å². The van der Waals surface area contributed by atoms with Gasteiger partial charge in [-0.1, -0.05) is 36.4 Å². The maximum absolute atomic E-state index is 12.7. The minimum absolute atomic E-state index is 0.186. The van der Waals surface area contributed by atoms with Crippen molar-refractivity contribution in [2.24, 2.45) is 0 Å². The molecule has 0 aromatic heterocycles. The van der Waals surface area contributed by atoms with E-state index in [0.29, 0.717) is 30.0 Å². The second kappa shape index (κ2) is 10.1. The van der Waals surface area contributed by atoms with Gasteiger partial charge >= 0.3 is 0 Å². The molecule has 0 aliphatic carbocycles. The van der Waals surface area contributed by atoms with E-state index < -0.39 is 0 Å². The van der Waals surface area contributed by atoms with E-state index in [1.54, 1.807) is 36.4 Å². The number of nitrogens with zero attached hydrogens (tertiary/aromatic N) is 1. The van der Waals surface area contributed by atoms with Crippen molar-refractivity contribution in [1.82, 2.24) is 4.90 Å². The molecule has 5 nitrogen and oxygen atoms in total. The fourth-order valence-electron chi connectivity index (χ4n) is 2.67.